The maximum Gasteiger partial charge on any atom is 0.345 e. The molecule has 0 bridgehead atoms. The summed E-state index contributed by atoms with van der Waals surface area (Å²) >= 11 is 0. The molecular formula is C16H28O4. The van der Waals surface area contributed by atoms with E-state index in [1.165, 1.54) is 0 Å². The van der Waals surface area contributed by atoms with Crippen molar-refractivity contribution in [2.24, 2.45) is 17.8 Å². The van der Waals surface area contributed by atoms with Crippen molar-refractivity contribution >= 4 is 11.9 Å². The van der Waals surface area contributed by atoms with E-state index in [1.54, 1.807) is 19.9 Å². The van der Waals surface area contributed by atoms with Gasteiger partial charge in [0, 0.05) is 0 Å². The number of esters is 2. The Bertz CT molecular complexity index is 322. The third-order valence-electron chi connectivity index (χ3n) is 2.97. The van der Waals surface area contributed by atoms with Crippen LogP contribution in [0.3, 0.4) is 0 Å². The molecule has 0 aliphatic carbocycles. The predicted octanol–water partition coefficient (Wildman–Crippen LogP) is 3.36. The van der Waals surface area contributed by atoms with Crippen molar-refractivity contribution in [2.75, 3.05) is 13.2 Å². The molecule has 4 nitrogen and oxygen atoms in total. The summed E-state index contributed by atoms with van der Waals surface area (Å²) < 4.78 is 9.90. The summed E-state index contributed by atoms with van der Waals surface area (Å²) in [6, 6.07) is 0. The minimum atomic E-state index is -0.597. The third-order valence-corrected chi connectivity index (χ3v) is 2.97. The molecule has 0 aliphatic rings. The van der Waals surface area contributed by atoms with Crippen LogP contribution in [0.5, 0.6) is 0 Å². The Kier molecular flexibility index (Phi) is 8.93. The summed E-state index contributed by atoms with van der Waals surface area (Å²) in [6.45, 7) is 12.3. The van der Waals surface area contributed by atoms with Crippen molar-refractivity contribution in [3.8, 4) is 0 Å². The van der Waals surface area contributed by atoms with E-state index in [2.05, 4.69) is 27.7 Å². The lowest BCUT2D eigenvalue weighted by atomic mass is 9.86. The Labute approximate surface area is 122 Å². The number of carbonyl (C=O) groups excluding carboxylic acids is 2. The molecule has 4 heteroatoms. The largest absolute Gasteiger partial charge is 0.462 e. The zero-order valence-corrected chi connectivity index (χ0v) is 13.6. The topological polar surface area (TPSA) is 52.6 Å². The van der Waals surface area contributed by atoms with E-state index in [-0.39, 0.29) is 24.7 Å². The Morgan fingerprint density at radius 3 is 1.70 bits per heavy atom. The van der Waals surface area contributed by atoms with Crippen LogP contribution >= 0.6 is 0 Å². The first-order valence-electron chi connectivity index (χ1n) is 7.39. The van der Waals surface area contributed by atoms with Gasteiger partial charge in [-0.1, -0.05) is 33.8 Å². The number of rotatable bonds is 8. The lowest BCUT2D eigenvalue weighted by molar-refractivity contribution is -0.146. The van der Waals surface area contributed by atoms with E-state index in [1.807, 2.05) is 0 Å². The molecule has 0 rings (SSSR count). The fourth-order valence-corrected chi connectivity index (χ4v) is 1.93. The highest BCUT2D eigenvalue weighted by molar-refractivity contribution is 6.14. The van der Waals surface area contributed by atoms with Gasteiger partial charge in [0.15, 0.2) is 0 Å². The van der Waals surface area contributed by atoms with E-state index in [4.69, 9.17) is 9.47 Å². The number of ether oxygens (including phenoxy) is 2. The lowest BCUT2D eigenvalue weighted by Gasteiger charge is -2.20. The Hall–Kier alpha value is -1.32. The molecule has 20 heavy (non-hydrogen) atoms. The average Bonchev–Trinajstić information content (AvgIpc) is 2.33. The number of carbonyl (C=O) groups is 2. The highest BCUT2D eigenvalue weighted by Gasteiger charge is 2.24. The summed E-state index contributed by atoms with van der Waals surface area (Å²) in [5.74, 6) is -0.208. The molecule has 0 spiro atoms. The van der Waals surface area contributed by atoms with Crippen LogP contribution in [0.25, 0.3) is 0 Å². The molecule has 1 atom stereocenters. The highest BCUT2D eigenvalue weighted by Crippen LogP contribution is 2.23. The smallest absolute Gasteiger partial charge is 0.345 e. The van der Waals surface area contributed by atoms with Crippen LogP contribution in [-0.2, 0) is 19.1 Å². The fourth-order valence-electron chi connectivity index (χ4n) is 1.93. The number of allylic oxidation sites excluding steroid dienone is 1. The van der Waals surface area contributed by atoms with Gasteiger partial charge in [0.1, 0.15) is 5.57 Å². The normalized spacial score (nSPS) is 12.2. The second-order valence-corrected chi connectivity index (χ2v) is 5.56. The lowest BCUT2D eigenvalue weighted by Crippen LogP contribution is -2.21. The van der Waals surface area contributed by atoms with Gasteiger partial charge in [0.05, 0.1) is 13.2 Å². The van der Waals surface area contributed by atoms with Crippen LogP contribution in [0.15, 0.2) is 11.6 Å². The summed E-state index contributed by atoms with van der Waals surface area (Å²) in [6.07, 6.45) is 2.64. The second kappa shape index (κ2) is 9.56. The zero-order valence-electron chi connectivity index (χ0n) is 13.6. The highest BCUT2D eigenvalue weighted by atomic mass is 16.6. The SMILES string of the molecule is CCOC(=O)C(=CC(CC(C)C)C(C)C)C(=O)OCC. The molecule has 0 aromatic rings. The molecule has 0 N–H and O–H groups in total. The van der Waals surface area contributed by atoms with Crippen LogP contribution < -0.4 is 0 Å². The van der Waals surface area contributed by atoms with Gasteiger partial charge in [0.2, 0.25) is 0 Å². The van der Waals surface area contributed by atoms with Crippen LogP contribution in [0, 0.1) is 17.8 Å². The van der Waals surface area contributed by atoms with Gasteiger partial charge < -0.3 is 9.47 Å². The van der Waals surface area contributed by atoms with Crippen molar-refractivity contribution in [1.82, 2.24) is 0 Å². The van der Waals surface area contributed by atoms with Crippen molar-refractivity contribution in [3.63, 3.8) is 0 Å². The van der Waals surface area contributed by atoms with E-state index in [0.717, 1.165) is 6.42 Å². The van der Waals surface area contributed by atoms with E-state index in [9.17, 15) is 9.59 Å². The molecule has 0 saturated heterocycles. The van der Waals surface area contributed by atoms with E-state index in [0.29, 0.717) is 11.8 Å². The monoisotopic (exact) mass is 284 g/mol. The average molecular weight is 284 g/mol. The van der Waals surface area contributed by atoms with Gasteiger partial charge >= 0.3 is 11.9 Å². The van der Waals surface area contributed by atoms with Gasteiger partial charge in [-0.15, -0.1) is 0 Å². The third kappa shape index (κ3) is 6.73. The zero-order chi connectivity index (χ0) is 15.7. The minimum absolute atomic E-state index is 0.0213. The summed E-state index contributed by atoms with van der Waals surface area (Å²) in [4.78, 5) is 23.8. The van der Waals surface area contributed by atoms with Gasteiger partial charge in [0.25, 0.3) is 0 Å². The standard InChI is InChI=1S/C16H28O4/c1-7-19-15(17)14(16(18)20-8-2)10-13(12(5)6)9-11(3)4/h10-13H,7-9H2,1-6H3. The molecule has 0 radical (unpaired) electrons. The van der Waals surface area contributed by atoms with Gasteiger partial charge in [-0.05, 0) is 38.0 Å². The molecule has 0 aromatic carbocycles. The Balaban J connectivity index is 5.27. The molecule has 0 aliphatic heterocycles. The first-order chi connectivity index (χ1) is 9.33. The van der Waals surface area contributed by atoms with Crippen LogP contribution in [0.1, 0.15) is 48.0 Å². The van der Waals surface area contributed by atoms with Gasteiger partial charge in [-0.2, -0.15) is 0 Å². The van der Waals surface area contributed by atoms with Crippen molar-refractivity contribution in [2.45, 2.75) is 48.0 Å². The molecule has 0 heterocycles. The predicted molar refractivity (Wildman–Crippen MR) is 79.1 cm³/mol. The molecule has 0 amide bonds. The summed E-state index contributed by atoms with van der Waals surface area (Å²) in [7, 11) is 0. The Morgan fingerprint density at radius 1 is 0.950 bits per heavy atom. The number of hydrogen-bond donors (Lipinski definition) is 0. The maximum atomic E-state index is 11.9. The van der Waals surface area contributed by atoms with E-state index >= 15 is 0 Å². The van der Waals surface area contributed by atoms with Crippen LogP contribution in [0.2, 0.25) is 0 Å². The van der Waals surface area contributed by atoms with Gasteiger partial charge in [-0.25, -0.2) is 9.59 Å². The van der Waals surface area contributed by atoms with Crippen LogP contribution in [0.4, 0.5) is 0 Å². The summed E-state index contributed by atoms with van der Waals surface area (Å²) in [5.41, 5.74) is 0.0213. The molecular weight excluding hydrogens is 256 g/mol. The molecule has 0 saturated carbocycles. The quantitative estimate of drug-likeness (QED) is 0.297. The Morgan fingerprint density at radius 2 is 1.40 bits per heavy atom. The van der Waals surface area contributed by atoms with E-state index < -0.39 is 11.9 Å². The van der Waals surface area contributed by atoms with Gasteiger partial charge in [-0.3, -0.25) is 0 Å². The molecule has 1 unspecified atom stereocenters. The van der Waals surface area contributed by atoms with Crippen LogP contribution in [-0.4, -0.2) is 25.2 Å². The van der Waals surface area contributed by atoms with Crippen molar-refractivity contribution in [1.29, 1.82) is 0 Å². The summed E-state index contributed by atoms with van der Waals surface area (Å²) in [5, 5.41) is 0. The number of hydrogen-bond acceptors (Lipinski definition) is 4. The van der Waals surface area contributed by atoms with Crippen molar-refractivity contribution in [3.05, 3.63) is 11.6 Å². The fraction of sp³-hybridized carbons (Fsp3) is 0.750. The molecule has 116 valence electrons. The minimum Gasteiger partial charge on any atom is -0.462 e. The van der Waals surface area contributed by atoms with Crippen molar-refractivity contribution < 1.29 is 19.1 Å². The molecule has 0 fully saturated rings. The molecule has 0 aromatic heterocycles. The maximum absolute atomic E-state index is 11.9. The second-order valence-electron chi connectivity index (χ2n) is 5.56. The first kappa shape index (κ1) is 18.7. The first-order valence-corrected chi connectivity index (χ1v) is 7.39.